The Morgan fingerprint density at radius 1 is 1.10 bits per heavy atom. The summed E-state index contributed by atoms with van der Waals surface area (Å²) >= 11 is 0. The molecule has 2 rings (SSSR count). The molecule has 0 aromatic heterocycles. The average molecular weight is 274 g/mol. The van der Waals surface area contributed by atoms with Gasteiger partial charge >= 0.3 is 0 Å². The lowest BCUT2D eigenvalue weighted by atomic mass is 9.90. The van der Waals surface area contributed by atoms with Crippen molar-refractivity contribution in [2.75, 3.05) is 26.2 Å². The number of aryl methyl sites for hydroxylation is 3. The van der Waals surface area contributed by atoms with E-state index in [-0.39, 0.29) is 0 Å². The van der Waals surface area contributed by atoms with E-state index in [1.807, 2.05) is 0 Å². The van der Waals surface area contributed by atoms with Gasteiger partial charge < -0.3 is 5.32 Å². The molecule has 0 unspecified atom stereocenters. The van der Waals surface area contributed by atoms with Crippen molar-refractivity contribution in [3.05, 3.63) is 34.4 Å². The topological polar surface area (TPSA) is 15.3 Å². The second kappa shape index (κ2) is 7.24. The van der Waals surface area contributed by atoms with Crippen molar-refractivity contribution in [1.29, 1.82) is 0 Å². The third kappa shape index (κ3) is 3.62. The lowest BCUT2D eigenvalue weighted by Gasteiger charge is -2.37. The zero-order valence-corrected chi connectivity index (χ0v) is 13.6. The van der Waals surface area contributed by atoms with Gasteiger partial charge in [-0.25, -0.2) is 0 Å². The van der Waals surface area contributed by atoms with Crippen molar-refractivity contribution in [3.8, 4) is 0 Å². The molecule has 112 valence electrons. The van der Waals surface area contributed by atoms with E-state index in [1.54, 1.807) is 5.56 Å². The SMILES string of the molecule is CCCC[C@H](c1c(C)cc(C)cc1C)N1CCNCC1. The van der Waals surface area contributed by atoms with Crippen molar-refractivity contribution >= 4 is 0 Å². The van der Waals surface area contributed by atoms with E-state index in [9.17, 15) is 0 Å². The molecule has 0 aliphatic carbocycles. The van der Waals surface area contributed by atoms with Gasteiger partial charge in [-0.15, -0.1) is 0 Å². The number of piperazine rings is 1. The Labute approximate surface area is 124 Å². The molecular weight excluding hydrogens is 244 g/mol. The van der Waals surface area contributed by atoms with Crippen LogP contribution in [0.25, 0.3) is 0 Å². The molecule has 0 radical (unpaired) electrons. The highest BCUT2D eigenvalue weighted by Gasteiger charge is 2.24. The van der Waals surface area contributed by atoms with Crippen LogP contribution in [0.4, 0.5) is 0 Å². The second-order valence-electron chi connectivity index (χ2n) is 6.26. The zero-order chi connectivity index (χ0) is 14.5. The van der Waals surface area contributed by atoms with E-state index in [1.165, 1.54) is 49.0 Å². The fraction of sp³-hybridized carbons (Fsp3) is 0.667. The Bertz CT molecular complexity index is 410. The molecule has 1 aromatic carbocycles. The molecule has 1 aliphatic heterocycles. The number of rotatable bonds is 5. The van der Waals surface area contributed by atoms with Crippen LogP contribution >= 0.6 is 0 Å². The number of unbranched alkanes of at least 4 members (excludes halogenated alkanes) is 1. The molecule has 1 aromatic rings. The Morgan fingerprint density at radius 3 is 2.25 bits per heavy atom. The summed E-state index contributed by atoms with van der Waals surface area (Å²) in [4.78, 5) is 2.69. The molecular formula is C18H30N2. The monoisotopic (exact) mass is 274 g/mol. The molecule has 1 aliphatic rings. The molecule has 1 atom stereocenters. The van der Waals surface area contributed by atoms with Crippen molar-refractivity contribution in [2.45, 2.75) is 53.0 Å². The van der Waals surface area contributed by atoms with Crippen molar-refractivity contribution in [1.82, 2.24) is 10.2 Å². The van der Waals surface area contributed by atoms with Crippen LogP contribution in [0.3, 0.4) is 0 Å². The molecule has 2 nitrogen and oxygen atoms in total. The summed E-state index contributed by atoms with van der Waals surface area (Å²) in [7, 11) is 0. The lowest BCUT2D eigenvalue weighted by molar-refractivity contribution is 0.162. The maximum atomic E-state index is 3.47. The van der Waals surface area contributed by atoms with E-state index >= 15 is 0 Å². The summed E-state index contributed by atoms with van der Waals surface area (Å²) in [6.07, 6.45) is 3.90. The molecule has 0 bridgehead atoms. The first-order chi connectivity index (χ1) is 9.63. The largest absolute Gasteiger partial charge is 0.314 e. The summed E-state index contributed by atoms with van der Waals surface area (Å²) in [6.45, 7) is 13.7. The van der Waals surface area contributed by atoms with Crippen molar-refractivity contribution in [3.63, 3.8) is 0 Å². The molecule has 20 heavy (non-hydrogen) atoms. The number of benzene rings is 1. The Hall–Kier alpha value is -0.860. The van der Waals surface area contributed by atoms with Crippen LogP contribution in [0, 0.1) is 20.8 Å². The van der Waals surface area contributed by atoms with E-state index < -0.39 is 0 Å². The number of nitrogens with zero attached hydrogens (tertiary/aromatic N) is 1. The quantitative estimate of drug-likeness (QED) is 0.879. The molecule has 1 N–H and O–H groups in total. The number of hydrogen-bond acceptors (Lipinski definition) is 2. The molecule has 0 spiro atoms. The van der Waals surface area contributed by atoms with Gasteiger partial charge in [-0.1, -0.05) is 37.5 Å². The predicted molar refractivity (Wildman–Crippen MR) is 87.4 cm³/mol. The van der Waals surface area contributed by atoms with E-state index in [0.717, 1.165) is 13.1 Å². The molecule has 0 amide bonds. The first-order valence-corrected chi connectivity index (χ1v) is 8.16. The second-order valence-corrected chi connectivity index (χ2v) is 6.26. The van der Waals surface area contributed by atoms with E-state index in [2.05, 4.69) is 50.0 Å². The van der Waals surface area contributed by atoms with Gasteiger partial charge in [0.15, 0.2) is 0 Å². The summed E-state index contributed by atoms with van der Waals surface area (Å²) in [5, 5.41) is 3.47. The smallest absolute Gasteiger partial charge is 0.0354 e. The first kappa shape index (κ1) is 15.5. The van der Waals surface area contributed by atoms with Gasteiger partial charge in [-0.05, 0) is 43.9 Å². The minimum absolute atomic E-state index is 0.609. The molecule has 1 saturated heterocycles. The Morgan fingerprint density at radius 2 is 1.70 bits per heavy atom. The fourth-order valence-corrected chi connectivity index (χ4v) is 3.62. The standard InChI is InChI=1S/C18H30N2/c1-5-6-7-17(20-10-8-19-9-11-20)18-15(3)12-14(2)13-16(18)4/h12-13,17,19H,5-11H2,1-4H3/t17-/m1/s1. The fourth-order valence-electron chi connectivity index (χ4n) is 3.62. The molecule has 2 heteroatoms. The lowest BCUT2D eigenvalue weighted by Crippen LogP contribution is -2.45. The van der Waals surface area contributed by atoms with E-state index in [4.69, 9.17) is 0 Å². The van der Waals surface area contributed by atoms with Crippen LogP contribution in [0.15, 0.2) is 12.1 Å². The van der Waals surface area contributed by atoms with Crippen molar-refractivity contribution < 1.29 is 0 Å². The number of nitrogens with one attached hydrogen (secondary N) is 1. The van der Waals surface area contributed by atoms with Gasteiger partial charge in [0, 0.05) is 32.2 Å². The van der Waals surface area contributed by atoms with Crippen LogP contribution in [-0.4, -0.2) is 31.1 Å². The zero-order valence-electron chi connectivity index (χ0n) is 13.6. The Balaban J connectivity index is 2.29. The van der Waals surface area contributed by atoms with Crippen LogP contribution in [0.2, 0.25) is 0 Å². The van der Waals surface area contributed by atoms with E-state index in [0.29, 0.717) is 6.04 Å². The van der Waals surface area contributed by atoms with Gasteiger partial charge in [0.1, 0.15) is 0 Å². The minimum atomic E-state index is 0.609. The van der Waals surface area contributed by atoms with Crippen LogP contribution in [-0.2, 0) is 0 Å². The molecule has 0 saturated carbocycles. The van der Waals surface area contributed by atoms with Gasteiger partial charge in [0.05, 0.1) is 0 Å². The average Bonchev–Trinajstić information content (AvgIpc) is 2.42. The van der Waals surface area contributed by atoms with Gasteiger partial charge in [-0.2, -0.15) is 0 Å². The molecule has 1 heterocycles. The summed E-state index contributed by atoms with van der Waals surface area (Å²) in [5.41, 5.74) is 5.92. The highest BCUT2D eigenvalue weighted by Crippen LogP contribution is 2.32. The minimum Gasteiger partial charge on any atom is -0.314 e. The first-order valence-electron chi connectivity index (χ1n) is 8.16. The van der Waals surface area contributed by atoms with Crippen LogP contribution < -0.4 is 5.32 Å². The maximum Gasteiger partial charge on any atom is 0.0354 e. The summed E-state index contributed by atoms with van der Waals surface area (Å²) in [5.74, 6) is 0. The third-order valence-corrected chi connectivity index (χ3v) is 4.49. The summed E-state index contributed by atoms with van der Waals surface area (Å²) in [6, 6.07) is 5.31. The Kier molecular flexibility index (Phi) is 5.62. The van der Waals surface area contributed by atoms with Gasteiger partial charge in [-0.3, -0.25) is 4.90 Å². The van der Waals surface area contributed by atoms with Crippen LogP contribution in [0.5, 0.6) is 0 Å². The summed E-state index contributed by atoms with van der Waals surface area (Å²) < 4.78 is 0. The molecule has 1 fully saturated rings. The normalized spacial score (nSPS) is 18.2. The van der Waals surface area contributed by atoms with Gasteiger partial charge in [0.25, 0.3) is 0 Å². The van der Waals surface area contributed by atoms with Crippen LogP contribution in [0.1, 0.15) is 54.5 Å². The maximum absolute atomic E-state index is 3.47. The van der Waals surface area contributed by atoms with Crippen molar-refractivity contribution in [2.24, 2.45) is 0 Å². The predicted octanol–water partition coefficient (Wildman–Crippen LogP) is 3.75. The highest BCUT2D eigenvalue weighted by atomic mass is 15.2. The van der Waals surface area contributed by atoms with Gasteiger partial charge in [0.2, 0.25) is 0 Å². The third-order valence-electron chi connectivity index (χ3n) is 4.49. The highest BCUT2D eigenvalue weighted by molar-refractivity contribution is 5.39. The number of hydrogen-bond donors (Lipinski definition) is 1.